The molecule has 2 heterocycles. The van der Waals surface area contributed by atoms with E-state index in [0.29, 0.717) is 22.9 Å². The summed E-state index contributed by atoms with van der Waals surface area (Å²) >= 11 is 2.92. The molecule has 9 heteroatoms. The van der Waals surface area contributed by atoms with Gasteiger partial charge in [-0.3, -0.25) is 4.79 Å². The molecule has 1 aliphatic rings. The Balaban J connectivity index is 1.78. The number of carbonyl (C=O) groups is 1. The highest BCUT2D eigenvalue weighted by atomic mass is 32.2. The molecule has 152 valence electrons. The molecule has 0 saturated heterocycles. The van der Waals surface area contributed by atoms with Crippen molar-refractivity contribution in [1.29, 1.82) is 0 Å². The van der Waals surface area contributed by atoms with Crippen molar-refractivity contribution in [2.75, 3.05) is 17.2 Å². The Bertz CT molecular complexity index is 848. The lowest BCUT2D eigenvalue weighted by Crippen LogP contribution is -2.34. The van der Waals surface area contributed by atoms with Crippen LogP contribution >= 0.6 is 23.5 Å². The Morgan fingerprint density at radius 1 is 1.39 bits per heavy atom. The molecule has 0 N–H and O–H groups in total. The minimum atomic E-state index is -4.44. The van der Waals surface area contributed by atoms with E-state index >= 15 is 0 Å². The number of hydrogen-bond acceptors (Lipinski definition) is 5. The number of rotatable bonds is 4. The van der Waals surface area contributed by atoms with Crippen molar-refractivity contribution in [3.63, 3.8) is 0 Å². The van der Waals surface area contributed by atoms with Gasteiger partial charge in [0.15, 0.2) is 0 Å². The summed E-state index contributed by atoms with van der Waals surface area (Å²) in [6, 6.07) is 3.65. The molecule has 0 fully saturated rings. The molecule has 1 unspecified atom stereocenters. The van der Waals surface area contributed by atoms with Gasteiger partial charge in [0, 0.05) is 28.0 Å². The van der Waals surface area contributed by atoms with Gasteiger partial charge in [0.25, 0.3) is 0 Å². The van der Waals surface area contributed by atoms with Crippen molar-refractivity contribution < 1.29 is 22.5 Å². The first kappa shape index (κ1) is 21.1. The second-order valence-electron chi connectivity index (χ2n) is 6.74. The van der Waals surface area contributed by atoms with Crippen LogP contribution in [0.4, 0.5) is 18.9 Å². The lowest BCUT2D eigenvalue weighted by molar-refractivity contribution is -0.137. The van der Waals surface area contributed by atoms with Crippen LogP contribution < -0.4 is 4.90 Å². The molecule has 3 rings (SSSR count). The highest BCUT2D eigenvalue weighted by molar-refractivity contribution is 8.00. The van der Waals surface area contributed by atoms with Crippen molar-refractivity contribution >= 4 is 35.1 Å². The van der Waals surface area contributed by atoms with E-state index in [0.717, 1.165) is 35.6 Å². The van der Waals surface area contributed by atoms with E-state index in [2.05, 4.69) is 5.16 Å². The maximum atomic E-state index is 13.2. The van der Waals surface area contributed by atoms with Gasteiger partial charge in [0.1, 0.15) is 5.76 Å². The predicted molar refractivity (Wildman–Crippen MR) is 106 cm³/mol. The summed E-state index contributed by atoms with van der Waals surface area (Å²) in [4.78, 5) is 15.1. The van der Waals surface area contributed by atoms with Crippen molar-refractivity contribution in [1.82, 2.24) is 5.16 Å². The molecule has 1 amide bonds. The number of nitrogens with zero attached hydrogens (tertiary/aromatic N) is 2. The number of benzene rings is 1. The second kappa shape index (κ2) is 8.41. The minimum absolute atomic E-state index is 0.179. The van der Waals surface area contributed by atoms with E-state index in [9.17, 15) is 18.0 Å². The van der Waals surface area contributed by atoms with Crippen molar-refractivity contribution in [2.45, 2.75) is 49.3 Å². The summed E-state index contributed by atoms with van der Waals surface area (Å²) in [7, 11) is 0. The Hall–Kier alpha value is -1.61. The normalized spacial score (nSPS) is 17.4. The second-order valence-corrected chi connectivity index (χ2v) is 9.20. The molecule has 1 atom stereocenters. The zero-order valence-corrected chi connectivity index (χ0v) is 17.4. The topological polar surface area (TPSA) is 46.3 Å². The molecule has 4 nitrogen and oxygen atoms in total. The van der Waals surface area contributed by atoms with E-state index in [1.807, 2.05) is 20.8 Å². The van der Waals surface area contributed by atoms with E-state index in [4.69, 9.17) is 4.52 Å². The molecule has 2 aromatic rings. The van der Waals surface area contributed by atoms with Gasteiger partial charge in [-0.05, 0) is 38.5 Å². The van der Waals surface area contributed by atoms with Crippen molar-refractivity contribution in [3.05, 3.63) is 40.8 Å². The number of aryl methyl sites for hydroxylation is 2. The number of alkyl halides is 3. The quantitative estimate of drug-likeness (QED) is 0.645. The van der Waals surface area contributed by atoms with E-state index < -0.39 is 11.7 Å². The fourth-order valence-corrected chi connectivity index (χ4v) is 5.14. The summed E-state index contributed by atoms with van der Waals surface area (Å²) in [5.74, 6) is 1.28. The van der Waals surface area contributed by atoms with E-state index in [1.165, 1.54) is 34.5 Å². The molecule has 0 spiro atoms. The molecule has 1 aromatic heterocycles. The summed E-state index contributed by atoms with van der Waals surface area (Å²) in [5, 5.41) is 4.12. The third kappa shape index (κ3) is 4.68. The smallest absolute Gasteiger partial charge is 0.361 e. The van der Waals surface area contributed by atoms with Gasteiger partial charge in [0.2, 0.25) is 5.91 Å². The largest absolute Gasteiger partial charge is 0.416 e. The summed E-state index contributed by atoms with van der Waals surface area (Å²) in [6.45, 7) is 6.09. The zero-order valence-electron chi connectivity index (χ0n) is 15.8. The first-order valence-electron chi connectivity index (χ1n) is 8.84. The summed E-state index contributed by atoms with van der Waals surface area (Å²) < 4.78 is 44.6. The number of aromatic nitrogens is 1. The molecule has 0 aliphatic carbocycles. The van der Waals surface area contributed by atoms with Gasteiger partial charge in [-0.15, -0.1) is 23.5 Å². The molecule has 1 aromatic carbocycles. The predicted octanol–water partition coefficient (Wildman–Crippen LogP) is 5.46. The lowest BCUT2D eigenvalue weighted by atomic mass is 10.1. The monoisotopic (exact) mass is 430 g/mol. The maximum Gasteiger partial charge on any atom is 0.416 e. The standard InChI is InChI=1S/C19H21F3N2O2S2/c1-11-6-7-24(16-8-14(19(20,21)22)4-5-17(16)28-11)18(25)10-27-9-15-12(2)23-26-13(15)3/h4-5,8,11H,6-7,9-10H2,1-3H3. The minimum Gasteiger partial charge on any atom is -0.361 e. The third-order valence-corrected chi connectivity index (χ3v) is 6.80. The first-order valence-corrected chi connectivity index (χ1v) is 10.9. The number of anilines is 1. The number of halogens is 3. The van der Waals surface area contributed by atoms with Crippen LogP contribution in [0.5, 0.6) is 0 Å². The Morgan fingerprint density at radius 2 is 2.14 bits per heavy atom. The van der Waals surface area contributed by atoms with E-state index in [1.54, 1.807) is 0 Å². The lowest BCUT2D eigenvalue weighted by Gasteiger charge is -2.23. The van der Waals surface area contributed by atoms with Gasteiger partial charge in [-0.2, -0.15) is 13.2 Å². The number of thioether (sulfide) groups is 2. The first-order chi connectivity index (χ1) is 13.2. The van der Waals surface area contributed by atoms with Crippen LogP contribution in [-0.2, 0) is 16.7 Å². The summed E-state index contributed by atoms with van der Waals surface area (Å²) in [6.07, 6.45) is -3.72. The SMILES string of the molecule is Cc1noc(C)c1CSCC(=O)N1CCC(C)Sc2ccc(C(F)(F)F)cc21. The van der Waals surface area contributed by atoms with Crippen LogP contribution in [0.15, 0.2) is 27.6 Å². The molecule has 0 bridgehead atoms. The van der Waals surface area contributed by atoms with E-state index in [-0.39, 0.29) is 16.9 Å². The number of carbonyl (C=O) groups excluding carboxylic acids is 1. The number of fused-ring (bicyclic) bond motifs is 1. The van der Waals surface area contributed by atoms with Gasteiger partial charge >= 0.3 is 6.18 Å². The van der Waals surface area contributed by atoms with Gasteiger partial charge in [-0.1, -0.05) is 12.1 Å². The fourth-order valence-electron chi connectivity index (χ4n) is 3.00. The molecular formula is C19H21F3N2O2S2. The van der Waals surface area contributed by atoms with Crippen LogP contribution in [0.1, 0.15) is 35.9 Å². The van der Waals surface area contributed by atoms with Crippen molar-refractivity contribution in [2.24, 2.45) is 0 Å². The van der Waals surface area contributed by atoms with Crippen LogP contribution in [-0.4, -0.2) is 28.6 Å². The van der Waals surface area contributed by atoms with Crippen LogP contribution in [0, 0.1) is 13.8 Å². The molecule has 1 aliphatic heterocycles. The van der Waals surface area contributed by atoms with Crippen molar-refractivity contribution in [3.8, 4) is 0 Å². The Labute approximate surface area is 170 Å². The molecule has 28 heavy (non-hydrogen) atoms. The van der Waals surface area contributed by atoms with Gasteiger partial charge in [0.05, 0.1) is 22.7 Å². The average molecular weight is 431 g/mol. The Kier molecular flexibility index (Phi) is 6.34. The van der Waals surface area contributed by atoms with Crippen LogP contribution in [0.2, 0.25) is 0 Å². The van der Waals surface area contributed by atoms with Gasteiger partial charge < -0.3 is 9.42 Å². The van der Waals surface area contributed by atoms with Gasteiger partial charge in [-0.25, -0.2) is 0 Å². The third-order valence-electron chi connectivity index (χ3n) is 4.62. The summed E-state index contributed by atoms with van der Waals surface area (Å²) in [5.41, 5.74) is 1.37. The number of amides is 1. The maximum absolute atomic E-state index is 13.2. The highest BCUT2D eigenvalue weighted by Crippen LogP contribution is 2.41. The zero-order chi connectivity index (χ0) is 20.5. The van der Waals surface area contributed by atoms with Crippen LogP contribution in [0.3, 0.4) is 0 Å². The molecule has 0 saturated carbocycles. The van der Waals surface area contributed by atoms with Crippen LogP contribution in [0.25, 0.3) is 0 Å². The fraction of sp³-hybridized carbons (Fsp3) is 0.474. The molecule has 0 radical (unpaired) electrons. The molecular weight excluding hydrogens is 409 g/mol. The average Bonchev–Trinajstić information content (AvgIpc) is 2.84. The number of hydrogen-bond donors (Lipinski definition) is 0. The Morgan fingerprint density at radius 3 is 2.79 bits per heavy atom. The highest BCUT2D eigenvalue weighted by Gasteiger charge is 2.33.